The monoisotopic (exact) mass is 334 g/mol. The summed E-state index contributed by atoms with van der Waals surface area (Å²) in [7, 11) is 0. The average Bonchev–Trinajstić information content (AvgIpc) is 2.52. The molecule has 1 aromatic rings. The lowest BCUT2D eigenvalue weighted by Gasteiger charge is -2.30. The number of allylic oxidation sites excluding steroid dienone is 1. The van der Waals surface area contributed by atoms with E-state index in [9.17, 15) is 4.79 Å². The van der Waals surface area contributed by atoms with E-state index in [1.807, 2.05) is 31.2 Å². The minimum Gasteiger partial charge on any atom is -0.493 e. The van der Waals surface area contributed by atoms with Crippen LogP contribution >= 0.6 is 12.2 Å². The molecule has 23 heavy (non-hydrogen) atoms. The second-order valence-electron chi connectivity index (χ2n) is 5.18. The smallest absolute Gasteiger partial charge is 0.338 e. The standard InChI is InChI=1S/C17H22N2O3S/c1-4-10-22-13-9-7-6-8-12(13)15-14(16(20)21-5-2)11(3)18-17(23)19-15/h6-9,15H,4-5,10H2,1-3H3,(H2,18,19,23)/t15-/m1/s1. The molecular formula is C17H22N2O3S. The van der Waals surface area contributed by atoms with Crippen LogP contribution in [0, 0.1) is 0 Å². The highest BCUT2D eigenvalue weighted by Crippen LogP contribution is 2.33. The van der Waals surface area contributed by atoms with Crippen LogP contribution in [0.25, 0.3) is 0 Å². The molecule has 1 atom stereocenters. The summed E-state index contributed by atoms with van der Waals surface area (Å²) in [4.78, 5) is 12.4. The van der Waals surface area contributed by atoms with Crippen LogP contribution in [-0.2, 0) is 9.53 Å². The Bertz CT molecular complexity index is 628. The molecule has 5 nitrogen and oxygen atoms in total. The first kappa shape index (κ1) is 17.3. The zero-order chi connectivity index (χ0) is 16.8. The maximum absolute atomic E-state index is 12.4. The van der Waals surface area contributed by atoms with E-state index in [2.05, 4.69) is 17.6 Å². The van der Waals surface area contributed by atoms with Crippen molar-refractivity contribution in [1.29, 1.82) is 0 Å². The van der Waals surface area contributed by atoms with Crippen LogP contribution < -0.4 is 15.4 Å². The highest BCUT2D eigenvalue weighted by molar-refractivity contribution is 7.80. The van der Waals surface area contributed by atoms with Crippen LogP contribution in [0.4, 0.5) is 0 Å². The van der Waals surface area contributed by atoms with Crippen molar-refractivity contribution in [3.63, 3.8) is 0 Å². The van der Waals surface area contributed by atoms with Crippen molar-refractivity contribution in [2.45, 2.75) is 33.2 Å². The minimum atomic E-state index is -0.393. The fourth-order valence-corrected chi connectivity index (χ4v) is 2.74. The number of hydrogen-bond donors (Lipinski definition) is 2. The Labute approximate surface area is 142 Å². The third-order valence-corrected chi connectivity index (χ3v) is 3.68. The fourth-order valence-electron chi connectivity index (χ4n) is 2.47. The van der Waals surface area contributed by atoms with Crippen molar-refractivity contribution in [1.82, 2.24) is 10.6 Å². The van der Waals surface area contributed by atoms with E-state index in [1.165, 1.54) is 0 Å². The molecule has 6 heteroatoms. The predicted octanol–water partition coefficient (Wildman–Crippen LogP) is 2.83. The van der Waals surface area contributed by atoms with Crippen LogP contribution in [0.5, 0.6) is 5.75 Å². The average molecular weight is 334 g/mol. The number of esters is 1. The second-order valence-corrected chi connectivity index (χ2v) is 5.59. The third kappa shape index (κ3) is 4.01. The lowest BCUT2D eigenvalue weighted by Crippen LogP contribution is -2.45. The lowest BCUT2D eigenvalue weighted by molar-refractivity contribution is -0.139. The van der Waals surface area contributed by atoms with Gasteiger partial charge in [-0.25, -0.2) is 4.79 Å². The molecule has 0 aliphatic carbocycles. The topological polar surface area (TPSA) is 59.6 Å². The van der Waals surface area contributed by atoms with Crippen molar-refractivity contribution in [2.75, 3.05) is 13.2 Å². The predicted molar refractivity (Wildman–Crippen MR) is 93.2 cm³/mol. The van der Waals surface area contributed by atoms with Crippen molar-refractivity contribution in [3.8, 4) is 5.75 Å². The minimum absolute atomic E-state index is 0.320. The molecule has 0 aromatic heterocycles. The molecule has 0 bridgehead atoms. The number of thiocarbonyl (C=S) groups is 1. The summed E-state index contributed by atoms with van der Waals surface area (Å²) in [6.07, 6.45) is 0.909. The van der Waals surface area contributed by atoms with Gasteiger partial charge in [0.15, 0.2) is 5.11 Å². The van der Waals surface area contributed by atoms with Crippen LogP contribution in [0.2, 0.25) is 0 Å². The van der Waals surface area contributed by atoms with Crippen molar-refractivity contribution in [3.05, 3.63) is 41.1 Å². The van der Waals surface area contributed by atoms with Gasteiger partial charge in [-0.05, 0) is 38.6 Å². The normalized spacial score (nSPS) is 17.3. The Morgan fingerprint density at radius 1 is 1.30 bits per heavy atom. The molecule has 1 aromatic carbocycles. The summed E-state index contributed by atoms with van der Waals surface area (Å²) in [5.74, 6) is 0.383. The zero-order valence-electron chi connectivity index (χ0n) is 13.6. The largest absolute Gasteiger partial charge is 0.493 e. The first-order chi connectivity index (χ1) is 11.1. The van der Waals surface area contributed by atoms with E-state index in [4.69, 9.17) is 21.7 Å². The SMILES string of the molecule is CCCOc1ccccc1[C@H]1NC(=S)NC(C)=C1C(=O)OCC. The van der Waals surface area contributed by atoms with Gasteiger partial charge in [0.2, 0.25) is 0 Å². The van der Waals surface area contributed by atoms with Gasteiger partial charge in [-0.15, -0.1) is 0 Å². The first-order valence-electron chi connectivity index (χ1n) is 7.75. The number of nitrogens with one attached hydrogen (secondary N) is 2. The molecule has 2 rings (SSSR count). The van der Waals surface area contributed by atoms with Crippen molar-refractivity contribution >= 4 is 23.3 Å². The molecular weight excluding hydrogens is 312 g/mol. The van der Waals surface area contributed by atoms with Crippen molar-refractivity contribution in [2.24, 2.45) is 0 Å². The Morgan fingerprint density at radius 3 is 2.74 bits per heavy atom. The number of ether oxygens (including phenoxy) is 2. The highest BCUT2D eigenvalue weighted by atomic mass is 32.1. The molecule has 0 saturated heterocycles. The van der Waals surface area contributed by atoms with Crippen LogP contribution in [0.3, 0.4) is 0 Å². The van der Waals surface area contributed by atoms with E-state index in [0.29, 0.717) is 29.6 Å². The number of rotatable bonds is 6. The van der Waals surface area contributed by atoms with Crippen molar-refractivity contribution < 1.29 is 14.3 Å². The summed E-state index contributed by atoms with van der Waals surface area (Å²) < 4.78 is 11.0. The lowest BCUT2D eigenvalue weighted by atomic mass is 9.95. The number of carbonyl (C=O) groups is 1. The van der Waals surface area contributed by atoms with E-state index >= 15 is 0 Å². The zero-order valence-corrected chi connectivity index (χ0v) is 14.5. The Balaban J connectivity index is 2.44. The van der Waals surface area contributed by atoms with Gasteiger partial charge in [0, 0.05) is 11.3 Å². The van der Waals surface area contributed by atoms with Gasteiger partial charge in [0.1, 0.15) is 5.75 Å². The van der Waals surface area contributed by atoms with E-state index < -0.39 is 6.04 Å². The Morgan fingerprint density at radius 2 is 2.04 bits per heavy atom. The third-order valence-electron chi connectivity index (χ3n) is 3.46. The Hall–Kier alpha value is -2.08. The van der Waals surface area contributed by atoms with E-state index in [-0.39, 0.29) is 5.97 Å². The summed E-state index contributed by atoms with van der Waals surface area (Å²) in [5.41, 5.74) is 2.09. The van der Waals surface area contributed by atoms with Gasteiger partial charge in [-0.1, -0.05) is 25.1 Å². The molecule has 1 aliphatic rings. The quantitative estimate of drug-likeness (QED) is 0.616. The highest BCUT2D eigenvalue weighted by Gasteiger charge is 2.32. The van der Waals surface area contributed by atoms with Gasteiger partial charge in [0.05, 0.1) is 24.8 Å². The van der Waals surface area contributed by atoms with E-state index in [0.717, 1.165) is 17.7 Å². The second kappa shape index (κ2) is 7.97. The summed E-state index contributed by atoms with van der Waals surface area (Å²) in [5, 5.41) is 6.62. The van der Waals surface area contributed by atoms with Gasteiger partial charge in [0.25, 0.3) is 0 Å². The molecule has 0 amide bonds. The molecule has 2 N–H and O–H groups in total. The molecule has 0 spiro atoms. The summed E-state index contributed by atoms with van der Waals surface area (Å²) in [6, 6.07) is 7.27. The molecule has 0 fully saturated rings. The van der Waals surface area contributed by atoms with E-state index in [1.54, 1.807) is 6.92 Å². The van der Waals surface area contributed by atoms with Crippen LogP contribution in [0.15, 0.2) is 35.5 Å². The number of hydrogen-bond acceptors (Lipinski definition) is 4. The van der Waals surface area contributed by atoms with Crippen LogP contribution in [-0.4, -0.2) is 24.3 Å². The summed E-state index contributed by atoms with van der Waals surface area (Å²) in [6.45, 7) is 6.59. The molecule has 1 aliphatic heterocycles. The number of para-hydroxylation sites is 1. The molecule has 0 saturated carbocycles. The molecule has 124 valence electrons. The molecule has 0 unspecified atom stereocenters. The van der Waals surface area contributed by atoms with Gasteiger partial charge >= 0.3 is 5.97 Å². The fraction of sp³-hybridized carbons (Fsp3) is 0.412. The summed E-state index contributed by atoms with van der Waals surface area (Å²) >= 11 is 5.25. The molecule has 0 radical (unpaired) electrons. The first-order valence-corrected chi connectivity index (χ1v) is 8.16. The van der Waals surface area contributed by atoms with Gasteiger partial charge in [-0.2, -0.15) is 0 Å². The van der Waals surface area contributed by atoms with Gasteiger partial charge in [-0.3, -0.25) is 0 Å². The maximum Gasteiger partial charge on any atom is 0.338 e. The molecule has 1 heterocycles. The van der Waals surface area contributed by atoms with Crippen LogP contribution in [0.1, 0.15) is 38.8 Å². The van der Waals surface area contributed by atoms with Gasteiger partial charge < -0.3 is 20.1 Å². The maximum atomic E-state index is 12.4. The number of benzene rings is 1. The number of carbonyl (C=O) groups excluding carboxylic acids is 1. The Kier molecular flexibility index (Phi) is 5.98.